The summed E-state index contributed by atoms with van der Waals surface area (Å²) < 4.78 is 15.1. The van der Waals surface area contributed by atoms with E-state index in [-0.39, 0.29) is 11.1 Å². The third-order valence-electron chi connectivity index (χ3n) is 3.58. The number of thiophene rings is 1. The molecule has 0 aliphatic rings. The van der Waals surface area contributed by atoms with Crippen molar-refractivity contribution in [2.24, 2.45) is 0 Å². The highest BCUT2D eigenvalue weighted by Crippen LogP contribution is 2.25. The van der Waals surface area contributed by atoms with Crippen LogP contribution in [0.25, 0.3) is 6.08 Å². The van der Waals surface area contributed by atoms with Gasteiger partial charge in [0.25, 0.3) is 5.91 Å². The topological polar surface area (TPSA) is 97.7 Å². The summed E-state index contributed by atoms with van der Waals surface area (Å²) in [5.41, 5.74) is 1.57. The van der Waals surface area contributed by atoms with E-state index in [0.29, 0.717) is 22.9 Å². The first-order valence-electron chi connectivity index (χ1n) is 7.78. The van der Waals surface area contributed by atoms with Gasteiger partial charge in [-0.15, -0.1) is 11.3 Å². The zero-order valence-corrected chi connectivity index (χ0v) is 15.9. The van der Waals surface area contributed by atoms with Gasteiger partial charge in [0.1, 0.15) is 22.4 Å². The average Bonchev–Trinajstić information content (AvgIpc) is 3.13. The molecule has 0 saturated carbocycles. The number of methoxy groups -OCH3 is 3. The van der Waals surface area contributed by atoms with Crippen molar-refractivity contribution in [1.82, 2.24) is 0 Å². The molecular formula is C19H18N2O5S. The van der Waals surface area contributed by atoms with Crippen molar-refractivity contribution in [3.63, 3.8) is 0 Å². The first-order chi connectivity index (χ1) is 13.0. The zero-order chi connectivity index (χ0) is 19.8. The number of carbonyl (C=O) groups is 2. The minimum Gasteiger partial charge on any atom is -0.496 e. The third kappa shape index (κ3) is 4.94. The van der Waals surface area contributed by atoms with Crippen LogP contribution in [-0.2, 0) is 20.9 Å². The fourth-order valence-corrected chi connectivity index (χ4v) is 3.09. The predicted molar refractivity (Wildman–Crippen MR) is 102 cm³/mol. The monoisotopic (exact) mass is 386 g/mol. The largest absolute Gasteiger partial charge is 0.496 e. The zero-order valence-electron chi connectivity index (χ0n) is 15.1. The van der Waals surface area contributed by atoms with E-state index in [0.717, 1.165) is 5.56 Å². The average molecular weight is 386 g/mol. The van der Waals surface area contributed by atoms with Crippen LogP contribution in [0.2, 0.25) is 0 Å². The molecule has 2 aromatic rings. The second kappa shape index (κ2) is 9.52. The Hall–Kier alpha value is -3.15. The molecule has 8 heteroatoms. The van der Waals surface area contributed by atoms with Crippen LogP contribution in [0.5, 0.6) is 5.75 Å². The van der Waals surface area contributed by atoms with Crippen molar-refractivity contribution in [1.29, 1.82) is 5.26 Å². The predicted octanol–water partition coefficient (Wildman–Crippen LogP) is 3.24. The number of nitriles is 1. The lowest BCUT2D eigenvalue weighted by molar-refractivity contribution is -0.112. The number of ether oxygens (including phenoxy) is 3. The number of nitrogens with zero attached hydrogens (tertiary/aromatic N) is 1. The molecule has 27 heavy (non-hydrogen) atoms. The van der Waals surface area contributed by atoms with Crippen LogP contribution in [0.15, 0.2) is 35.2 Å². The van der Waals surface area contributed by atoms with Crippen molar-refractivity contribution in [3.8, 4) is 11.8 Å². The van der Waals surface area contributed by atoms with Crippen LogP contribution in [-0.4, -0.2) is 33.2 Å². The number of amides is 1. The number of hydrogen-bond acceptors (Lipinski definition) is 7. The standard InChI is InChI=1S/C19H18N2O5S/c1-24-11-14-9-12(4-5-16(14)25-2)8-13(10-20)17(22)21-18-15(6-7-27-18)19(23)26-3/h4-9H,11H2,1-3H3,(H,21,22). The van der Waals surface area contributed by atoms with Gasteiger partial charge in [0.05, 0.1) is 26.4 Å². The van der Waals surface area contributed by atoms with Gasteiger partial charge in [-0.3, -0.25) is 4.79 Å². The number of hydrogen-bond donors (Lipinski definition) is 1. The SMILES string of the molecule is COCc1cc(C=C(C#N)C(=O)Nc2sccc2C(=O)OC)ccc1OC. The number of nitrogens with one attached hydrogen (secondary N) is 1. The number of anilines is 1. The van der Waals surface area contributed by atoms with Crippen molar-refractivity contribution < 1.29 is 23.8 Å². The molecule has 0 saturated heterocycles. The van der Waals surface area contributed by atoms with Gasteiger partial charge in [0.15, 0.2) is 0 Å². The van der Waals surface area contributed by atoms with Gasteiger partial charge in [-0.25, -0.2) is 4.79 Å². The quantitative estimate of drug-likeness (QED) is 0.446. The summed E-state index contributed by atoms with van der Waals surface area (Å²) >= 11 is 1.17. The molecule has 7 nitrogen and oxygen atoms in total. The van der Waals surface area contributed by atoms with Crippen LogP contribution in [0, 0.1) is 11.3 Å². The second-order valence-corrected chi connectivity index (χ2v) is 6.20. The fraction of sp³-hybridized carbons (Fsp3) is 0.211. The fourth-order valence-electron chi connectivity index (χ4n) is 2.32. The maximum absolute atomic E-state index is 12.4. The summed E-state index contributed by atoms with van der Waals surface area (Å²) in [7, 11) is 4.38. The van der Waals surface area contributed by atoms with Gasteiger partial charge in [0.2, 0.25) is 0 Å². The summed E-state index contributed by atoms with van der Waals surface area (Å²) in [6, 6.07) is 8.67. The highest BCUT2D eigenvalue weighted by atomic mass is 32.1. The number of rotatable bonds is 7. The molecule has 1 heterocycles. The van der Waals surface area contributed by atoms with E-state index in [1.807, 2.05) is 6.07 Å². The molecule has 0 fully saturated rings. The molecular weight excluding hydrogens is 368 g/mol. The second-order valence-electron chi connectivity index (χ2n) is 5.28. The molecule has 1 aromatic heterocycles. The molecule has 1 amide bonds. The van der Waals surface area contributed by atoms with Gasteiger partial charge in [-0.1, -0.05) is 6.07 Å². The first-order valence-corrected chi connectivity index (χ1v) is 8.66. The van der Waals surface area contributed by atoms with Crippen molar-refractivity contribution in [3.05, 3.63) is 51.9 Å². The third-order valence-corrected chi connectivity index (χ3v) is 4.41. The maximum Gasteiger partial charge on any atom is 0.340 e. The maximum atomic E-state index is 12.4. The molecule has 1 aromatic carbocycles. The van der Waals surface area contributed by atoms with E-state index in [1.54, 1.807) is 43.9 Å². The van der Waals surface area contributed by atoms with E-state index < -0.39 is 11.9 Å². The van der Waals surface area contributed by atoms with Crippen LogP contribution in [0.1, 0.15) is 21.5 Å². The molecule has 0 unspecified atom stereocenters. The lowest BCUT2D eigenvalue weighted by atomic mass is 10.1. The number of benzene rings is 1. The Morgan fingerprint density at radius 3 is 2.67 bits per heavy atom. The molecule has 0 atom stereocenters. The molecule has 0 radical (unpaired) electrons. The lowest BCUT2D eigenvalue weighted by Gasteiger charge is -2.09. The smallest absolute Gasteiger partial charge is 0.340 e. The summed E-state index contributed by atoms with van der Waals surface area (Å²) in [5.74, 6) is -0.527. The highest BCUT2D eigenvalue weighted by Gasteiger charge is 2.17. The summed E-state index contributed by atoms with van der Waals surface area (Å²) in [4.78, 5) is 24.1. The van der Waals surface area contributed by atoms with Gasteiger partial charge in [-0.2, -0.15) is 5.26 Å². The van der Waals surface area contributed by atoms with Crippen LogP contribution in [0.3, 0.4) is 0 Å². The van der Waals surface area contributed by atoms with E-state index in [1.165, 1.54) is 24.5 Å². The summed E-state index contributed by atoms with van der Waals surface area (Å²) in [6.07, 6.45) is 1.46. The van der Waals surface area contributed by atoms with Crippen molar-refractivity contribution in [2.75, 3.05) is 26.6 Å². The molecule has 0 aliphatic carbocycles. The van der Waals surface area contributed by atoms with Gasteiger partial charge in [0, 0.05) is 12.7 Å². The number of esters is 1. The Labute approximate surface area is 160 Å². The minimum absolute atomic E-state index is 0.104. The van der Waals surface area contributed by atoms with E-state index >= 15 is 0 Å². The molecule has 140 valence electrons. The molecule has 2 rings (SSSR count). The van der Waals surface area contributed by atoms with Crippen LogP contribution < -0.4 is 10.1 Å². The van der Waals surface area contributed by atoms with Gasteiger partial charge < -0.3 is 19.5 Å². The van der Waals surface area contributed by atoms with E-state index in [2.05, 4.69) is 10.1 Å². The normalized spacial score (nSPS) is 10.8. The minimum atomic E-state index is -0.616. The van der Waals surface area contributed by atoms with Crippen LogP contribution in [0.4, 0.5) is 5.00 Å². The summed E-state index contributed by atoms with van der Waals surface area (Å²) in [6.45, 7) is 0.330. The first kappa shape index (κ1) is 20.2. The Bertz CT molecular complexity index is 911. The lowest BCUT2D eigenvalue weighted by Crippen LogP contribution is -2.15. The molecule has 0 spiro atoms. The van der Waals surface area contributed by atoms with Crippen molar-refractivity contribution in [2.45, 2.75) is 6.61 Å². The number of carbonyl (C=O) groups excluding carboxylic acids is 2. The highest BCUT2D eigenvalue weighted by molar-refractivity contribution is 7.14. The molecule has 1 N–H and O–H groups in total. The molecule has 0 bridgehead atoms. The van der Waals surface area contributed by atoms with Crippen molar-refractivity contribution >= 4 is 34.3 Å². The van der Waals surface area contributed by atoms with Gasteiger partial charge >= 0.3 is 5.97 Å². The van der Waals surface area contributed by atoms with E-state index in [9.17, 15) is 14.9 Å². The Balaban J connectivity index is 2.27. The molecule has 0 aliphatic heterocycles. The Kier molecular flexibility index (Phi) is 7.11. The van der Waals surface area contributed by atoms with Crippen LogP contribution >= 0.6 is 11.3 Å². The van der Waals surface area contributed by atoms with E-state index in [4.69, 9.17) is 9.47 Å². The Morgan fingerprint density at radius 1 is 1.26 bits per heavy atom. The summed E-state index contributed by atoms with van der Waals surface area (Å²) in [5, 5.41) is 13.9. The van der Waals surface area contributed by atoms with Gasteiger partial charge in [-0.05, 0) is 35.2 Å². The Morgan fingerprint density at radius 2 is 2.04 bits per heavy atom.